The second kappa shape index (κ2) is 6.08. The fourth-order valence-corrected chi connectivity index (χ4v) is 2.81. The highest BCUT2D eigenvalue weighted by Crippen LogP contribution is 2.30. The van der Waals surface area contributed by atoms with Gasteiger partial charge in [-0.1, -0.05) is 6.92 Å². The van der Waals surface area contributed by atoms with Crippen molar-refractivity contribution in [2.24, 2.45) is 0 Å². The minimum Gasteiger partial charge on any atom is -0.350 e. The van der Waals surface area contributed by atoms with Crippen LogP contribution in [0.3, 0.4) is 0 Å². The first-order chi connectivity index (χ1) is 9.40. The van der Waals surface area contributed by atoms with E-state index in [0.717, 1.165) is 18.1 Å². The maximum absolute atomic E-state index is 4.63. The Balaban J connectivity index is 2.04. The van der Waals surface area contributed by atoms with E-state index in [9.17, 15) is 0 Å². The van der Waals surface area contributed by atoms with E-state index in [1.54, 1.807) is 0 Å². The van der Waals surface area contributed by atoms with Crippen LogP contribution in [0, 0.1) is 0 Å². The topological polar surface area (TPSA) is 41.1 Å². The second-order valence-corrected chi connectivity index (χ2v) is 6.87. The third kappa shape index (κ3) is 3.69. The Morgan fingerprint density at radius 2 is 2.00 bits per heavy atom. The summed E-state index contributed by atoms with van der Waals surface area (Å²) in [4.78, 5) is 11.6. The normalized spacial score (nSPS) is 23.4. The molecule has 2 heterocycles. The van der Waals surface area contributed by atoms with Gasteiger partial charge in [-0.25, -0.2) is 4.98 Å². The van der Waals surface area contributed by atoms with E-state index in [0.29, 0.717) is 12.1 Å². The molecule has 4 heteroatoms. The zero-order valence-corrected chi connectivity index (χ0v) is 13.5. The fraction of sp³-hybridized carbons (Fsp3) is 0.750. The summed E-state index contributed by atoms with van der Waals surface area (Å²) >= 11 is 0. The summed E-state index contributed by atoms with van der Waals surface area (Å²) < 4.78 is 0. The third-order valence-electron chi connectivity index (χ3n) is 4.01. The first-order valence-electron chi connectivity index (χ1n) is 7.75. The molecule has 0 aliphatic carbocycles. The monoisotopic (exact) mass is 276 g/mol. The predicted molar refractivity (Wildman–Crippen MR) is 83.9 cm³/mol. The molecule has 1 N–H and O–H groups in total. The summed E-state index contributed by atoms with van der Waals surface area (Å²) in [6, 6.07) is 1.20. The Labute approximate surface area is 123 Å². The molecule has 0 aromatic carbocycles. The number of nitrogens with one attached hydrogen (secondary N) is 1. The quantitative estimate of drug-likeness (QED) is 0.917. The van der Waals surface area contributed by atoms with E-state index >= 15 is 0 Å². The molecule has 20 heavy (non-hydrogen) atoms. The number of nitrogens with zero attached hydrogens (tertiary/aromatic N) is 3. The lowest BCUT2D eigenvalue weighted by Gasteiger charge is -2.29. The number of rotatable bonds is 4. The van der Waals surface area contributed by atoms with Crippen LogP contribution < -0.4 is 10.2 Å². The van der Waals surface area contributed by atoms with E-state index in [1.807, 2.05) is 12.4 Å². The molecule has 2 unspecified atom stereocenters. The molecule has 4 nitrogen and oxygen atoms in total. The molecule has 0 spiro atoms. The van der Waals surface area contributed by atoms with Crippen molar-refractivity contribution in [2.75, 3.05) is 4.90 Å². The van der Waals surface area contributed by atoms with Crippen molar-refractivity contribution in [3.05, 3.63) is 18.1 Å². The molecule has 1 aliphatic rings. The van der Waals surface area contributed by atoms with Gasteiger partial charge in [-0.15, -0.1) is 0 Å². The average molecular weight is 276 g/mol. The molecule has 1 aliphatic heterocycles. The van der Waals surface area contributed by atoms with Crippen LogP contribution in [0.2, 0.25) is 0 Å². The van der Waals surface area contributed by atoms with Gasteiger partial charge < -0.3 is 10.2 Å². The largest absolute Gasteiger partial charge is 0.350 e. The summed E-state index contributed by atoms with van der Waals surface area (Å²) in [5.74, 6) is 1.03. The van der Waals surface area contributed by atoms with Gasteiger partial charge in [0.15, 0.2) is 0 Å². The van der Waals surface area contributed by atoms with E-state index < -0.39 is 0 Å². The van der Waals surface area contributed by atoms with Crippen LogP contribution in [0.25, 0.3) is 0 Å². The second-order valence-electron chi connectivity index (χ2n) is 6.87. The first-order valence-corrected chi connectivity index (χ1v) is 7.75. The minimum absolute atomic E-state index is 0.108. The van der Waals surface area contributed by atoms with Crippen molar-refractivity contribution in [3.8, 4) is 0 Å². The standard InChI is InChI=1S/C16H28N4/c1-6-14-8-7-12(2)20(14)15-11-17-13(9-18-15)10-19-16(3,4)5/h9,11-12,14,19H,6-8,10H2,1-5H3. The maximum atomic E-state index is 4.63. The molecule has 0 amide bonds. The van der Waals surface area contributed by atoms with Gasteiger partial charge in [0.05, 0.1) is 18.1 Å². The Hall–Kier alpha value is -1.16. The Morgan fingerprint density at radius 3 is 2.55 bits per heavy atom. The van der Waals surface area contributed by atoms with Crippen LogP contribution in [0.15, 0.2) is 12.4 Å². The van der Waals surface area contributed by atoms with Crippen LogP contribution in [0.5, 0.6) is 0 Å². The molecule has 1 saturated heterocycles. The van der Waals surface area contributed by atoms with E-state index in [-0.39, 0.29) is 5.54 Å². The maximum Gasteiger partial charge on any atom is 0.147 e. The Bertz CT molecular complexity index is 421. The van der Waals surface area contributed by atoms with Gasteiger partial charge in [0.25, 0.3) is 0 Å². The molecular weight excluding hydrogens is 248 g/mol. The minimum atomic E-state index is 0.108. The van der Waals surface area contributed by atoms with Gasteiger partial charge in [-0.2, -0.15) is 0 Å². The molecular formula is C16H28N4. The van der Waals surface area contributed by atoms with Crippen LogP contribution in [0.4, 0.5) is 5.82 Å². The molecule has 0 radical (unpaired) electrons. The van der Waals surface area contributed by atoms with E-state index in [2.05, 4.69) is 54.8 Å². The summed E-state index contributed by atoms with van der Waals surface area (Å²) in [5.41, 5.74) is 1.11. The Kier molecular flexibility index (Phi) is 4.63. The van der Waals surface area contributed by atoms with Gasteiger partial charge in [0.2, 0.25) is 0 Å². The number of anilines is 1. The lowest BCUT2D eigenvalue weighted by Crippen LogP contribution is -2.36. The van der Waals surface area contributed by atoms with E-state index in [1.165, 1.54) is 19.3 Å². The van der Waals surface area contributed by atoms with E-state index in [4.69, 9.17) is 0 Å². The first kappa shape index (κ1) is 15.2. The molecule has 1 aromatic rings. The zero-order chi connectivity index (χ0) is 14.8. The molecule has 1 fully saturated rings. The third-order valence-corrected chi connectivity index (χ3v) is 4.01. The van der Waals surface area contributed by atoms with Crippen molar-refractivity contribution in [1.29, 1.82) is 0 Å². The van der Waals surface area contributed by atoms with Crippen molar-refractivity contribution in [3.63, 3.8) is 0 Å². The molecule has 1 aromatic heterocycles. The Morgan fingerprint density at radius 1 is 1.25 bits per heavy atom. The van der Waals surface area contributed by atoms with Crippen LogP contribution in [-0.4, -0.2) is 27.6 Å². The lowest BCUT2D eigenvalue weighted by molar-refractivity contribution is 0.421. The van der Waals surface area contributed by atoms with Gasteiger partial charge >= 0.3 is 0 Å². The van der Waals surface area contributed by atoms with Gasteiger partial charge in [0, 0.05) is 24.2 Å². The molecule has 0 saturated carbocycles. The molecule has 0 bridgehead atoms. The SMILES string of the molecule is CCC1CCC(C)N1c1cnc(CNC(C)(C)C)cn1. The van der Waals surface area contributed by atoms with Gasteiger partial charge in [0.1, 0.15) is 5.82 Å². The van der Waals surface area contributed by atoms with Crippen LogP contribution in [-0.2, 0) is 6.54 Å². The number of hydrogen-bond donors (Lipinski definition) is 1. The highest BCUT2D eigenvalue weighted by atomic mass is 15.3. The van der Waals surface area contributed by atoms with Crippen molar-refractivity contribution in [2.45, 2.75) is 78.0 Å². The van der Waals surface area contributed by atoms with Crippen molar-refractivity contribution >= 4 is 5.82 Å². The highest BCUT2D eigenvalue weighted by Gasteiger charge is 2.30. The van der Waals surface area contributed by atoms with Crippen LogP contribution in [0.1, 0.15) is 59.6 Å². The van der Waals surface area contributed by atoms with Crippen molar-refractivity contribution in [1.82, 2.24) is 15.3 Å². The number of hydrogen-bond acceptors (Lipinski definition) is 4. The average Bonchev–Trinajstić information content (AvgIpc) is 2.77. The highest BCUT2D eigenvalue weighted by molar-refractivity contribution is 5.40. The summed E-state index contributed by atoms with van der Waals surface area (Å²) in [6.07, 6.45) is 7.55. The molecule has 2 atom stereocenters. The molecule has 112 valence electrons. The fourth-order valence-electron chi connectivity index (χ4n) is 2.81. The number of aromatic nitrogens is 2. The van der Waals surface area contributed by atoms with Crippen LogP contribution >= 0.6 is 0 Å². The smallest absolute Gasteiger partial charge is 0.147 e. The molecule has 2 rings (SSSR count). The van der Waals surface area contributed by atoms with Gasteiger partial charge in [-0.05, 0) is 47.0 Å². The predicted octanol–water partition coefficient (Wildman–Crippen LogP) is 3.13. The summed E-state index contributed by atoms with van der Waals surface area (Å²) in [6.45, 7) is 11.8. The van der Waals surface area contributed by atoms with Gasteiger partial charge in [-0.3, -0.25) is 4.98 Å². The lowest BCUT2D eigenvalue weighted by atomic mass is 10.1. The zero-order valence-electron chi connectivity index (χ0n) is 13.5. The van der Waals surface area contributed by atoms with Crippen molar-refractivity contribution < 1.29 is 0 Å². The summed E-state index contributed by atoms with van der Waals surface area (Å²) in [5, 5.41) is 3.44. The summed E-state index contributed by atoms with van der Waals surface area (Å²) in [7, 11) is 0.